The second-order valence-electron chi connectivity index (χ2n) is 8.25. The van der Waals surface area contributed by atoms with Crippen molar-refractivity contribution in [1.82, 2.24) is 15.1 Å². The molecular weight excluding hydrogens is 380 g/mol. The molecule has 2 saturated heterocycles. The van der Waals surface area contributed by atoms with E-state index in [9.17, 15) is 9.59 Å². The quantitative estimate of drug-likeness (QED) is 0.756. The van der Waals surface area contributed by atoms with E-state index in [0.717, 1.165) is 57.6 Å². The van der Waals surface area contributed by atoms with Gasteiger partial charge in [-0.1, -0.05) is 30.3 Å². The minimum absolute atomic E-state index is 0.0656. The summed E-state index contributed by atoms with van der Waals surface area (Å²) in [6.07, 6.45) is 5.38. The second kappa shape index (κ2) is 9.89. The molecule has 160 valence electrons. The Labute approximate surface area is 177 Å². The number of benzene rings is 1. The number of anilines is 1. The Hall–Kier alpha value is -2.67. The number of ether oxygens (including phenoxy) is 1. The van der Waals surface area contributed by atoms with Crippen LogP contribution in [0.2, 0.25) is 0 Å². The maximum Gasteiger partial charge on any atom is 0.267 e. The Morgan fingerprint density at radius 3 is 2.63 bits per heavy atom. The lowest BCUT2D eigenvalue weighted by atomic mass is 9.90. The summed E-state index contributed by atoms with van der Waals surface area (Å²) in [5.41, 5.74) is 1.13. The molecule has 1 aromatic heterocycles. The van der Waals surface area contributed by atoms with Gasteiger partial charge in [-0.2, -0.15) is 5.10 Å². The molecule has 2 aromatic rings. The Bertz CT molecular complexity index is 885. The Kier molecular flexibility index (Phi) is 6.79. The second-order valence-corrected chi connectivity index (χ2v) is 8.25. The number of rotatable bonds is 7. The van der Waals surface area contributed by atoms with Crippen molar-refractivity contribution in [2.75, 3.05) is 31.1 Å². The van der Waals surface area contributed by atoms with E-state index in [1.165, 1.54) is 16.3 Å². The van der Waals surface area contributed by atoms with Crippen LogP contribution in [0.25, 0.3) is 0 Å². The Morgan fingerprint density at radius 1 is 1.10 bits per heavy atom. The van der Waals surface area contributed by atoms with Crippen LogP contribution >= 0.6 is 0 Å². The summed E-state index contributed by atoms with van der Waals surface area (Å²) < 4.78 is 6.78. The van der Waals surface area contributed by atoms with E-state index in [-0.39, 0.29) is 24.1 Å². The lowest BCUT2D eigenvalue weighted by Crippen LogP contribution is -2.39. The number of carbonyl (C=O) groups excluding carboxylic acids is 1. The van der Waals surface area contributed by atoms with Crippen LogP contribution in [0.1, 0.15) is 31.2 Å². The van der Waals surface area contributed by atoms with Crippen molar-refractivity contribution in [2.24, 2.45) is 5.92 Å². The number of carbonyl (C=O) groups is 1. The molecule has 0 saturated carbocycles. The molecule has 2 aliphatic heterocycles. The molecule has 3 heterocycles. The van der Waals surface area contributed by atoms with E-state index in [1.54, 1.807) is 6.07 Å². The fraction of sp³-hybridized carbons (Fsp3) is 0.522. The number of aromatic nitrogens is 2. The van der Waals surface area contributed by atoms with Gasteiger partial charge in [0.15, 0.2) is 0 Å². The first kappa shape index (κ1) is 20.6. The molecule has 0 bridgehead atoms. The third-order valence-corrected chi connectivity index (χ3v) is 6.00. The molecule has 30 heavy (non-hydrogen) atoms. The summed E-state index contributed by atoms with van der Waals surface area (Å²) in [7, 11) is 0. The van der Waals surface area contributed by atoms with Gasteiger partial charge in [0, 0.05) is 32.3 Å². The molecule has 7 heteroatoms. The molecule has 7 nitrogen and oxygen atoms in total. The van der Waals surface area contributed by atoms with Gasteiger partial charge in [-0.25, -0.2) is 4.68 Å². The number of amides is 1. The molecular formula is C23H30N4O3. The highest BCUT2D eigenvalue weighted by molar-refractivity contribution is 5.75. The zero-order chi connectivity index (χ0) is 20.8. The largest absolute Gasteiger partial charge is 0.376 e. The lowest BCUT2D eigenvalue weighted by Gasteiger charge is -2.33. The van der Waals surface area contributed by atoms with Gasteiger partial charge in [0.05, 0.1) is 6.10 Å². The molecule has 0 aliphatic carbocycles. The zero-order valence-corrected chi connectivity index (χ0v) is 17.3. The first-order valence-electron chi connectivity index (χ1n) is 10.9. The van der Waals surface area contributed by atoms with Gasteiger partial charge in [0.25, 0.3) is 5.56 Å². The highest BCUT2D eigenvalue weighted by Gasteiger charge is 2.21. The van der Waals surface area contributed by atoms with Crippen molar-refractivity contribution in [3.8, 4) is 0 Å². The standard InChI is InChI=1S/C23H30N4O3/c28-22(24-16-20-7-4-14-30-20)17-27-23(29)9-8-21(25-27)26-12-10-19(11-13-26)15-18-5-2-1-3-6-18/h1-3,5-6,8-9,19-20H,4,7,10-17H2,(H,24,28)/t20-/m0/s1. The molecule has 0 radical (unpaired) electrons. The molecule has 0 spiro atoms. The molecule has 0 unspecified atom stereocenters. The van der Waals surface area contributed by atoms with Gasteiger partial charge in [0.2, 0.25) is 5.91 Å². The molecule has 1 atom stereocenters. The normalized spacial score (nSPS) is 19.7. The highest BCUT2D eigenvalue weighted by Crippen LogP contribution is 2.24. The smallest absolute Gasteiger partial charge is 0.267 e. The van der Waals surface area contributed by atoms with Gasteiger partial charge in [-0.15, -0.1) is 0 Å². The number of hydrogen-bond acceptors (Lipinski definition) is 5. The van der Waals surface area contributed by atoms with E-state index in [4.69, 9.17) is 4.74 Å². The van der Waals surface area contributed by atoms with Crippen LogP contribution in [0.3, 0.4) is 0 Å². The molecule has 4 rings (SSSR count). The monoisotopic (exact) mass is 410 g/mol. The zero-order valence-electron chi connectivity index (χ0n) is 17.3. The third kappa shape index (κ3) is 5.48. The summed E-state index contributed by atoms with van der Waals surface area (Å²) in [5.74, 6) is 1.22. The van der Waals surface area contributed by atoms with Crippen molar-refractivity contribution in [1.29, 1.82) is 0 Å². The number of nitrogens with zero attached hydrogens (tertiary/aromatic N) is 3. The van der Waals surface area contributed by atoms with Gasteiger partial charge in [-0.05, 0) is 49.7 Å². The van der Waals surface area contributed by atoms with Crippen LogP contribution < -0.4 is 15.8 Å². The van der Waals surface area contributed by atoms with Gasteiger partial charge < -0.3 is 15.0 Å². The first-order valence-corrected chi connectivity index (χ1v) is 10.9. The predicted molar refractivity (Wildman–Crippen MR) is 116 cm³/mol. The molecule has 1 N–H and O–H groups in total. The van der Waals surface area contributed by atoms with Crippen LogP contribution in [-0.4, -0.2) is 48.0 Å². The predicted octanol–water partition coefficient (Wildman–Crippen LogP) is 2.00. The van der Waals surface area contributed by atoms with Crippen molar-refractivity contribution in [3.63, 3.8) is 0 Å². The Morgan fingerprint density at radius 2 is 1.90 bits per heavy atom. The van der Waals surface area contributed by atoms with Gasteiger partial charge in [-0.3, -0.25) is 9.59 Å². The minimum atomic E-state index is -0.259. The fourth-order valence-corrected chi connectivity index (χ4v) is 4.26. The molecule has 1 amide bonds. The maximum absolute atomic E-state index is 12.2. The van der Waals surface area contributed by atoms with E-state index in [0.29, 0.717) is 12.5 Å². The summed E-state index contributed by atoms with van der Waals surface area (Å²) >= 11 is 0. The van der Waals surface area contributed by atoms with E-state index in [2.05, 4.69) is 45.6 Å². The fourth-order valence-electron chi connectivity index (χ4n) is 4.26. The summed E-state index contributed by atoms with van der Waals surface area (Å²) in [6.45, 7) is 3.00. The van der Waals surface area contributed by atoms with Crippen LogP contribution in [0.4, 0.5) is 5.82 Å². The van der Waals surface area contributed by atoms with Crippen molar-refractivity contribution >= 4 is 11.7 Å². The Balaban J connectivity index is 1.30. The highest BCUT2D eigenvalue weighted by atomic mass is 16.5. The van der Waals surface area contributed by atoms with Gasteiger partial charge in [0.1, 0.15) is 12.4 Å². The summed E-state index contributed by atoms with van der Waals surface area (Å²) in [4.78, 5) is 26.6. The van der Waals surface area contributed by atoms with Crippen LogP contribution in [0.5, 0.6) is 0 Å². The van der Waals surface area contributed by atoms with Crippen molar-refractivity contribution in [2.45, 2.75) is 44.8 Å². The average molecular weight is 411 g/mol. The topological polar surface area (TPSA) is 76.5 Å². The van der Waals surface area contributed by atoms with Crippen molar-refractivity contribution < 1.29 is 9.53 Å². The summed E-state index contributed by atoms with van der Waals surface area (Å²) in [5, 5.41) is 7.31. The van der Waals surface area contributed by atoms with Crippen molar-refractivity contribution in [3.05, 3.63) is 58.4 Å². The van der Waals surface area contributed by atoms with E-state index < -0.39 is 0 Å². The van der Waals surface area contributed by atoms with Crippen LogP contribution in [-0.2, 0) is 22.5 Å². The molecule has 2 fully saturated rings. The molecule has 1 aromatic carbocycles. The van der Waals surface area contributed by atoms with Gasteiger partial charge >= 0.3 is 0 Å². The third-order valence-electron chi connectivity index (χ3n) is 6.00. The SMILES string of the molecule is O=C(Cn1nc(N2CCC(Cc3ccccc3)CC2)ccc1=O)NC[C@@H]1CCCO1. The first-order chi connectivity index (χ1) is 14.7. The van der Waals surface area contributed by atoms with Crippen LogP contribution in [0.15, 0.2) is 47.3 Å². The minimum Gasteiger partial charge on any atom is -0.376 e. The number of piperidine rings is 1. The summed E-state index contributed by atoms with van der Waals surface area (Å²) in [6, 6.07) is 13.9. The van der Waals surface area contributed by atoms with Crippen LogP contribution in [0, 0.1) is 5.92 Å². The lowest BCUT2D eigenvalue weighted by molar-refractivity contribution is -0.122. The van der Waals surface area contributed by atoms with E-state index >= 15 is 0 Å². The average Bonchev–Trinajstić information content (AvgIpc) is 3.29. The van der Waals surface area contributed by atoms with E-state index in [1.807, 2.05) is 0 Å². The maximum atomic E-state index is 12.2. The number of hydrogen-bond donors (Lipinski definition) is 1. The molecule has 2 aliphatic rings. The number of nitrogens with one attached hydrogen (secondary N) is 1.